The molecule has 0 bridgehead atoms. The van der Waals surface area contributed by atoms with E-state index in [1.54, 1.807) is 6.07 Å². The summed E-state index contributed by atoms with van der Waals surface area (Å²) >= 11 is 6.67. The number of nitrogens with one attached hydrogen (secondary N) is 2. The lowest BCUT2D eigenvalue weighted by molar-refractivity contribution is -0.161. The molecule has 2 heterocycles. The molecular weight excluding hydrogens is 522 g/mol. The van der Waals surface area contributed by atoms with E-state index in [-0.39, 0.29) is 46.9 Å². The molecule has 0 aromatic heterocycles. The summed E-state index contributed by atoms with van der Waals surface area (Å²) in [4.78, 5) is 29.9. The third kappa shape index (κ3) is 6.23. The van der Waals surface area contributed by atoms with Crippen LogP contribution < -0.4 is 15.5 Å². The zero-order valence-corrected chi connectivity index (χ0v) is 26.6. The van der Waals surface area contributed by atoms with E-state index < -0.39 is 5.41 Å². The largest absolute Gasteiger partial charge is 0.370 e. The van der Waals surface area contributed by atoms with Crippen LogP contribution in [0.25, 0.3) is 0 Å². The lowest BCUT2D eigenvalue weighted by atomic mass is 9.60. The number of carbonyl (C=O) groups is 2. The van der Waals surface area contributed by atoms with E-state index in [4.69, 9.17) is 16.3 Å². The first-order valence-corrected chi connectivity index (χ1v) is 15.6. The van der Waals surface area contributed by atoms with Gasteiger partial charge in [-0.05, 0) is 117 Å². The molecule has 1 aromatic carbocycles. The molecule has 1 aromatic rings. The SMILES string of the molecule is CCN(c1cc(Cl)cc(C(=O)NCC2([C@@H]3C=CCCC3)C(=O)NC(C)CC2C)c1C)C1CC(C)(C)OC(C)(C)C1. The summed E-state index contributed by atoms with van der Waals surface area (Å²) in [6.07, 6.45) is 10.2. The molecule has 0 radical (unpaired) electrons. The van der Waals surface area contributed by atoms with Crippen molar-refractivity contribution in [3.8, 4) is 0 Å². The molecule has 0 saturated carbocycles. The summed E-state index contributed by atoms with van der Waals surface area (Å²) in [6.45, 7) is 18.1. The van der Waals surface area contributed by atoms with E-state index >= 15 is 0 Å². The lowest BCUT2D eigenvalue weighted by Crippen LogP contribution is -2.61. The first-order valence-electron chi connectivity index (χ1n) is 15.2. The normalized spacial score (nSPS) is 30.0. The Morgan fingerprint density at radius 3 is 2.42 bits per heavy atom. The minimum atomic E-state index is -0.664. The minimum absolute atomic E-state index is 0.0565. The maximum atomic E-state index is 13.9. The number of piperidine rings is 1. The third-order valence-electron chi connectivity index (χ3n) is 9.53. The maximum Gasteiger partial charge on any atom is 0.251 e. The fourth-order valence-corrected chi connectivity index (χ4v) is 8.16. The Hall–Kier alpha value is -2.05. The molecule has 0 spiro atoms. The highest BCUT2D eigenvalue weighted by Crippen LogP contribution is 2.46. The number of rotatable bonds is 7. The molecule has 2 amide bonds. The number of halogens is 1. The molecule has 2 fully saturated rings. The molecule has 2 aliphatic heterocycles. The van der Waals surface area contributed by atoms with Crippen molar-refractivity contribution in [1.29, 1.82) is 0 Å². The summed E-state index contributed by atoms with van der Waals surface area (Å²) < 4.78 is 6.36. The zero-order valence-electron chi connectivity index (χ0n) is 25.8. The van der Waals surface area contributed by atoms with Gasteiger partial charge >= 0.3 is 0 Å². The zero-order chi connectivity index (χ0) is 29.5. The smallest absolute Gasteiger partial charge is 0.251 e. The number of nitrogens with zero attached hydrogens (tertiary/aromatic N) is 1. The highest BCUT2D eigenvalue weighted by molar-refractivity contribution is 6.31. The Morgan fingerprint density at radius 2 is 1.85 bits per heavy atom. The Balaban J connectivity index is 1.63. The van der Waals surface area contributed by atoms with Crippen LogP contribution in [0, 0.1) is 24.2 Å². The molecular formula is C33H50ClN3O3. The Kier molecular flexibility index (Phi) is 9.02. The molecule has 4 atom stereocenters. The van der Waals surface area contributed by atoms with Gasteiger partial charge in [0.2, 0.25) is 5.91 Å². The van der Waals surface area contributed by atoms with Crippen LogP contribution in [0.5, 0.6) is 0 Å². The average Bonchev–Trinajstić information content (AvgIpc) is 2.84. The van der Waals surface area contributed by atoms with Crippen molar-refractivity contribution in [1.82, 2.24) is 10.6 Å². The molecule has 2 N–H and O–H groups in total. The van der Waals surface area contributed by atoms with Crippen molar-refractivity contribution >= 4 is 29.1 Å². The Morgan fingerprint density at radius 1 is 1.18 bits per heavy atom. The highest BCUT2D eigenvalue weighted by atomic mass is 35.5. The Bertz CT molecular complexity index is 1130. The molecule has 7 heteroatoms. The van der Waals surface area contributed by atoms with Gasteiger partial charge in [-0.15, -0.1) is 0 Å². The van der Waals surface area contributed by atoms with E-state index in [0.717, 1.165) is 56.3 Å². The number of benzene rings is 1. The van der Waals surface area contributed by atoms with Crippen molar-refractivity contribution in [3.63, 3.8) is 0 Å². The van der Waals surface area contributed by atoms with Crippen LogP contribution in [0.3, 0.4) is 0 Å². The van der Waals surface area contributed by atoms with Crippen molar-refractivity contribution < 1.29 is 14.3 Å². The standard InChI is InChI=1S/C33H50ClN3O3/c1-9-37(26-18-31(5,6)40-32(7,8)19-26)28-17-25(34)16-27(23(28)4)29(38)35-20-33(24-13-11-10-12-14-24)21(2)15-22(3)36-30(33)39/h11,13,16-17,21-22,24,26H,9-10,12,14-15,18-20H2,1-8H3,(H,35,38)(H,36,39)/t21?,22?,24-,33?/m1/s1. The van der Waals surface area contributed by atoms with Gasteiger partial charge in [-0.25, -0.2) is 0 Å². The second-order valence-corrected chi connectivity index (χ2v) is 14.2. The maximum absolute atomic E-state index is 13.9. The van der Waals surface area contributed by atoms with E-state index in [1.165, 1.54) is 0 Å². The summed E-state index contributed by atoms with van der Waals surface area (Å²) in [7, 11) is 0. The van der Waals surface area contributed by atoms with Gasteiger partial charge < -0.3 is 20.3 Å². The lowest BCUT2D eigenvalue weighted by Gasteiger charge is -2.49. The van der Waals surface area contributed by atoms with Gasteiger partial charge in [0.1, 0.15) is 0 Å². The molecule has 4 rings (SSSR count). The third-order valence-corrected chi connectivity index (χ3v) is 9.75. The predicted octanol–water partition coefficient (Wildman–Crippen LogP) is 6.83. The van der Waals surface area contributed by atoms with Crippen molar-refractivity contribution in [2.75, 3.05) is 18.0 Å². The topological polar surface area (TPSA) is 70.7 Å². The molecule has 222 valence electrons. The summed E-state index contributed by atoms with van der Waals surface area (Å²) in [6, 6.07) is 4.14. The van der Waals surface area contributed by atoms with Crippen LogP contribution in [0.4, 0.5) is 5.69 Å². The quantitative estimate of drug-likeness (QED) is 0.352. The summed E-state index contributed by atoms with van der Waals surface area (Å²) in [5, 5.41) is 6.95. The van der Waals surface area contributed by atoms with Crippen LogP contribution in [0.15, 0.2) is 24.3 Å². The molecule has 3 unspecified atom stereocenters. The number of hydrogen-bond acceptors (Lipinski definition) is 4. The first kappa shape index (κ1) is 30.9. The van der Waals surface area contributed by atoms with E-state index in [2.05, 4.69) is 76.2 Å². The van der Waals surface area contributed by atoms with Gasteiger partial charge in [-0.2, -0.15) is 0 Å². The van der Waals surface area contributed by atoms with Gasteiger partial charge in [0, 0.05) is 41.4 Å². The molecule has 1 aliphatic carbocycles. The second-order valence-electron chi connectivity index (χ2n) is 13.8. The number of allylic oxidation sites excluding steroid dienone is 2. The fraction of sp³-hybridized carbons (Fsp3) is 0.697. The van der Waals surface area contributed by atoms with Gasteiger partial charge in [0.05, 0.1) is 16.6 Å². The second kappa shape index (κ2) is 11.7. The van der Waals surface area contributed by atoms with Crippen LogP contribution in [-0.2, 0) is 9.53 Å². The first-order chi connectivity index (χ1) is 18.7. The molecule has 3 aliphatic rings. The van der Waals surface area contributed by atoms with Crippen molar-refractivity contribution in [3.05, 3.63) is 40.4 Å². The van der Waals surface area contributed by atoms with Crippen LogP contribution in [0.2, 0.25) is 5.02 Å². The van der Waals surface area contributed by atoms with Crippen molar-refractivity contribution in [2.24, 2.45) is 17.3 Å². The van der Waals surface area contributed by atoms with Crippen LogP contribution in [0.1, 0.15) is 103 Å². The molecule has 6 nitrogen and oxygen atoms in total. The minimum Gasteiger partial charge on any atom is -0.370 e. The molecule has 2 saturated heterocycles. The summed E-state index contributed by atoms with van der Waals surface area (Å²) in [5.41, 5.74) is 1.31. The van der Waals surface area contributed by atoms with E-state index in [1.807, 2.05) is 13.0 Å². The van der Waals surface area contributed by atoms with Crippen molar-refractivity contribution in [2.45, 2.75) is 117 Å². The van der Waals surface area contributed by atoms with Gasteiger partial charge in [-0.1, -0.05) is 30.7 Å². The predicted molar refractivity (Wildman–Crippen MR) is 164 cm³/mol. The number of carbonyl (C=O) groups excluding carboxylic acids is 2. The van der Waals surface area contributed by atoms with Crippen LogP contribution >= 0.6 is 11.6 Å². The number of amides is 2. The van der Waals surface area contributed by atoms with Crippen LogP contribution in [-0.4, -0.2) is 48.2 Å². The number of anilines is 1. The Labute approximate surface area is 246 Å². The van der Waals surface area contributed by atoms with E-state index in [9.17, 15) is 9.59 Å². The van der Waals surface area contributed by atoms with Gasteiger partial charge in [0.15, 0.2) is 0 Å². The number of hydrogen-bond donors (Lipinski definition) is 2. The summed E-state index contributed by atoms with van der Waals surface area (Å²) in [5.74, 6) is 0.135. The number of ether oxygens (including phenoxy) is 1. The average molecular weight is 572 g/mol. The highest BCUT2D eigenvalue weighted by Gasteiger charge is 2.52. The monoisotopic (exact) mass is 571 g/mol. The van der Waals surface area contributed by atoms with Gasteiger partial charge in [-0.3, -0.25) is 9.59 Å². The van der Waals surface area contributed by atoms with Gasteiger partial charge in [0.25, 0.3) is 5.91 Å². The van der Waals surface area contributed by atoms with E-state index in [0.29, 0.717) is 17.1 Å². The fourth-order valence-electron chi connectivity index (χ4n) is 7.95. The molecule has 40 heavy (non-hydrogen) atoms.